The summed E-state index contributed by atoms with van der Waals surface area (Å²) in [7, 11) is 0. The van der Waals surface area contributed by atoms with E-state index in [9.17, 15) is 9.59 Å². The molecule has 0 aliphatic carbocycles. The van der Waals surface area contributed by atoms with Gasteiger partial charge in [0.2, 0.25) is 0 Å². The van der Waals surface area contributed by atoms with Crippen LogP contribution in [0.5, 0.6) is 0 Å². The summed E-state index contributed by atoms with van der Waals surface area (Å²) >= 11 is 7.37. The number of carboxylic acid groups (broad SMARTS) is 1. The van der Waals surface area contributed by atoms with E-state index in [0.29, 0.717) is 21.4 Å². The summed E-state index contributed by atoms with van der Waals surface area (Å²) in [5, 5.41) is 14.3. The first-order chi connectivity index (χ1) is 12.5. The highest BCUT2D eigenvalue weighted by Crippen LogP contribution is 2.26. The molecule has 1 amide bonds. The third kappa shape index (κ3) is 4.22. The number of nitrogens with zero attached hydrogens (tertiary/aromatic N) is 3. The predicted octanol–water partition coefficient (Wildman–Crippen LogP) is 3.20. The number of hydrogen-bond donors (Lipinski definition) is 2. The van der Waals surface area contributed by atoms with Crippen LogP contribution >= 0.6 is 22.9 Å². The molecule has 3 aromatic rings. The molecule has 0 saturated heterocycles. The number of benzene rings is 1. The SMILES string of the molecule is O=C(O)C[C@H](NC(=O)c1csc(-c2ncccn2)n1)c1ccccc1Cl. The smallest absolute Gasteiger partial charge is 0.305 e. The Hall–Kier alpha value is -2.84. The van der Waals surface area contributed by atoms with E-state index in [-0.39, 0.29) is 12.1 Å². The van der Waals surface area contributed by atoms with Crippen LogP contribution in [-0.2, 0) is 4.79 Å². The van der Waals surface area contributed by atoms with Crippen LogP contribution in [0, 0.1) is 0 Å². The van der Waals surface area contributed by atoms with Crippen LogP contribution in [-0.4, -0.2) is 31.9 Å². The lowest BCUT2D eigenvalue weighted by molar-refractivity contribution is -0.137. The van der Waals surface area contributed by atoms with Crippen molar-refractivity contribution >= 4 is 34.8 Å². The Morgan fingerprint density at radius 1 is 1.19 bits per heavy atom. The minimum atomic E-state index is -1.05. The third-order valence-corrected chi connectivity index (χ3v) is 4.64. The molecule has 2 N–H and O–H groups in total. The monoisotopic (exact) mass is 388 g/mol. The Morgan fingerprint density at radius 2 is 1.92 bits per heavy atom. The van der Waals surface area contributed by atoms with Gasteiger partial charge in [0, 0.05) is 22.8 Å². The zero-order chi connectivity index (χ0) is 18.5. The lowest BCUT2D eigenvalue weighted by Crippen LogP contribution is -2.30. The summed E-state index contributed by atoms with van der Waals surface area (Å²) in [6.45, 7) is 0. The molecule has 1 atom stereocenters. The molecule has 7 nitrogen and oxygen atoms in total. The zero-order valence-corrected chi connectivity index (χ0v) is 14.9. The second-order valence-electron chi connectivity index (χ2n) is 5.26. The molecule has 132 valence electrons. The van der Waals surface area contributed by atoms with Gasteiger partial charge in [-0.25, -0.2) is 15.0 Å². The summed E-state index contributed by atoms with van der Waals surface area (Å²) in [6, 6.07) is 7.71. The van der Waals surface area contributed by atoms with E-state index >= 15 is 0 Å². The molecule has 2 aromatic heterocycles. The van der Waals surface area contributed by atoms with Crippen molar-refractivity contribution in [3.05, 3.63) is 64.4 Å². The molecule has 9 heteroatoms. The van der Waals surface area contributed by atoms with Crippen molar-refractivity contribution in [2.24, 2.45) is 0 Å². The number of thiazole rings is 1. The number of rotatable bonds is 6. The molecule has 26 heavy (non-hydrogen) atoms. The summed E-state index contributed by atoms with van der Waals surface area (Å²) in [5.41, 5.74) is 0.701. The molecule has 0 saturated carbocycles. The van der Waals surface area contributed by atoms with Gasteiger partial charge in [0.25, 0.3) is 5.91 Å². The van der Waals surface area contributed by atoms with E-state index in [1.165, 1.54) is 11.3 Å². The number of hydrogen-bond acceptors (Lipinski definition) is 6. The fourth-order valence-corrected chi connectivity index (χ4v) is 3.31. The molecule has 0 aliphatic rings. The van der Waals surface area contributed by atoms with Gasteiger partial charge in [0.05, 0.1) is 12.5 Å². The molecular weight excluding hydrogens is 376 g/mol. The van der Waals surface area contributed by atoms with Gasteiger partial charge < -0.3 is 10.4 Å². The van der Waals surface area contributed by atoms with Crippen LogP contribution in [0.1, 0.15) is 28.5 Å². The van der Waals surface area contributed by atoms with Crippen molar-refractivity contribution < 1.29 is 14.7 Å². The van der Waals surface area contributed by atoms with E-state index in [1.54, 1.807) is 48.1 Å². The van der Waals surface area contributed by atoms with Gasteiger partial charge >= 0.3 is 5.97 Å². The van der Waals surface area contributed by atoms with Crippen molar-refractivity contribution in [2.45, 2.75) is 12.5 Å². The van der Waals surface area contributed by atoms with E-state index in [0.717, 1.165) is 0 Å². The van der Waals surface area contributed by atoms with Gasteiger partial charge in [-0.1, -0.05) is 29.8 Å². The number of carbonyl (C=O) groups is 2. The fourth-order valence-electron chi connectivity index (χ4n) is 2.29. The number of carboxylic acids is 1. The van der Waals surface area contributed by atoms with Gasteiger partial charge in [0.15, 0.2) is 10.8 Å². The predicted molar refractivity (Wildman–Crippen MR) is 97.1 cm³/mol. The Kier molecular flexibility index (Phi) is 5.55. The van der Waals surface area contributed by atoms with Crippen LogP contribution in [0.3, 0.4) is 0 Å². The number of aliphatic carboxylic acids is 1. The molecule has 3 rings (SSSR count). The molecule has 2 heterocycles. The first-order valence-electron chi connectivity index (χ1n) is 7.54. The molecule has 1 aromatic carbocycles. The van der Waals surface area contributed by atoms with Gasteiger partial charge in [0.1, 0.15) is 5.69 Å². The van der Waals surface area contributed by atoms with Gasteiger partial charge in [-0.15, -0.1) is 11.3 Å². The van der Waals surface area contributed by atoms with Crippen LogP contribution < -0.4 is 5.32 Å². The maximum atomic E-state index is 12.5. The number of aromatic nitrogens is 3. The Labute approximate surface area is 157 Å². The lowest BCUT2D eigenvalue weighted by atomic mass is 10.0. The topological polar surface area (TPSA) is 105 Å². The van der Waals surface area contributed by atoms with Crippen LogP contribution in [0.15, 0.2) is 48.1 Å². The molecule has 0 unspecified atom stereocenters. The zero-order valence-electron chi connectivity index (χ0n) is 13.3. The highest BCUT2D eigenvalue weighted by molar-refractivity contribution is 7.13. The highest BCUT2D eigenvalue weighted by atomic mass is 35.5. The van der Waals surface area contributed by atoms with E-state index in [1.807, 2.05) is 0 Å². The van der Waals surface area contributed by atoms with Crippen molar-refractivity contribution in [1.82, 2.24) is 20.3 Å². The molecule has 0 bridgehead atoms. The molecule has 0 spiro atoms. The average Bonchev–Trinajstić information content (AvgIpc) is 3.12. The molecule has 0 radical (unpaired) electrons. The number of carbonyl (C=O) groups excluding carboxylic acids is 1. The first-order valence-corrected chi connectivity index (χ1v) is 8.80. The van der Waals surface area contributed by atoms with Crippen LogP contribution in [0.2, 0.25) is 5.02 Å². The van der Waals surface area contributed by atoms with Gasteiger partial charge in [-0.05, 0) is 17.7 Å². The maximum Gasteiger partial charge on any atom is 0.305 e. The van der Waals surface area contributed by atoms with E-state index < -0.39 is 17.9 Å². The highest BCUT2D eigenvalue weighted by Gasteiger charge is 2.22. The molecular formula is C17H13ClN4O3S. The Bertz CT molecular complexity index is 933. The molecule has 0 aliphatic heterocycles. The quantitative estimate of drug-likeness (QED) is 0.671. The maximum absolute atomic E-state index is 12.5. The van der Waals surface area contributed by atoms with Crippen molar-refractivity contribution in [2.75, 3.05) is 0 Å². The first kappa shape index (κ1) is 18.0. The third-order valence-electron chi connectivity index (χ3n) is 3.46. The fraction of sp³-hybridized carbons (Fsp3) is 0.118. The van der Waals surface area contributed by atoms with Crippen LogP contribution in [0.4, 0.5) is 0 Å². The second-order valence-corrected chi connectivity index (χ2v) is 6.52. The summed E-state index contributed by atoms with van der Waals surface area (Å²) < 4.78 is 0. The molecule has 0 fully saturated rings. The average molecular weight is 389 g/mol. The second kappa shape index (κ2) is 8.03. The minimum Gasteiger partial charge on any atom is -0.481 e. The van der Waals surface area contributed by atoms with E-state index in [2.05, 4.69) is 20.3 Å². The Morgan fingerprint density at radius 3 is 2.62 bits per heavy atom. The van der Waals surface area contributed by atoms with Crippen molar-refractivity contribution in [3.8, 4) is 10.8 Å². The summed E-state index contributed by atoms with van der Waals surface area (Å²) in [5.74, 6) is -1.12. The van der Waals surface area contributed by atoms with Gasteiger partial charge in [-0.3, -0.25) is 9.59 Å². The normalized spacial score (nSPS) is 11.7. The Balaban J connectivity index is 1.81. The van der Waals surface area contributed by atoms with Gasteiger partial charge in [-0.2, -0.15) is 0 Å². The van der Waals surface area contributed by atoms with Crippen LogP contribution in [0.25, 0.3) is 10.8 Å². The lowest BCUT2D eigenvalue weighted by Gasteiger charge is -2.18. The van der Waals surface area contributed by atoms with Crippen molar-refractivity contribution in [1.29, 1.82) is 0 Å². The number of halogens is 1. The summed E-state index contributed by atoms with van der Waals surface area (Å²) in [6.07, 6.45) is 2.88. The minimum absolute atomic E-state index is 0.167. The number of amides is 1. The largest absolute Gasteiger partial charge is 0.481 e. The van der Waals surface area contributed by atoms with Crippen molar-refractivity contribution in [3.63, 3.8) is 0 Å². The number of nitrogens with one attached hydrogen (secondary N) is 1. The standard InChI is InChI=1S/C17H13ClN4O3S/c18-11-5-2-1-4-10(11)12(8-14(23)24)21-16(25)13-9-26-17(22-13)15-19-6-3-7-20-15/h1-7,9,12H,8H2,(H,21,25)(H,23,24)/t12-/m0/s1. The summed E-state index contributed by atoms with van der Waals surface area (Å²) in [4.78, 5) is 36.1. The van der Waals surface area contributed by atoms with E-state index in [4.69, 9.17) is 16.7 Å².